The molecule has 2 aromatic rings. The van der Waals surface area contributed by atoms with Crippen molar-refractivity contribution in [2.75, 3.05) is 13.6 Å². The number of hydrogen-bond acceptors (Lipinski definition) is 4. The Morgan fingerprint density at radius 2 is 1.79 bits per heavy atom. The Balaban J connectivity index is 1.93. The summed E-state index contributed by atoms with van der Waals surface area (Å²) >= 11 is 0. The van der Waals surface area contributed by atoms with Crippen molar-refractivity contribution in [1.82, 2.24) is 9.73 Å². The molecule has 0 spiro atoms. The van der Waals surface area contributed by atoms with Gasteiger partial charge >= 0.3 is 0 Å². The molecule has 24 heavy (non-hydrogen) atoms. The highest BCUT2D eigenvalue weighted by Crippen LogP contribution is 2.12. The molecule has 1 amide bonds. The molecule has 2 aromatic carbocycles. The maximum absolute atomic E-state index is 12.8. The lowest BCUT2D eigenvalue weighted by molar-refractivity contribution is -0.121. The molecule has 0 bridgehead atoms. The van der Waals surface area contributed by atoms with E-state index in [2.05, 4.69) is 10.5 Å². The number of halogens is 1. The van der Waals surface area contributed by atoms with Gasteiger partial charge in [-0.05, 0) is 29.8 Å². The number of benzene rings is 2. The highest BCUT2D eigenvalue weighted by molar-refractivity contribution is 7.89. The summed E-state index contributed by atoms with van der Waals surface area (Å²) in [5, 5.41) is 3.71. The molecule has 0 unspecified atom stereocenters. The van der Waals surface area contributed by atoms with E-state index >= 15 is 0 Å². The second-order valence-electron chi connectivity index (χ2n) is 4.92. The number of amides is 1. The highest BCUT2D eigenvalue weighted by atomic mass is 32.2. The van der Waals surface area contributed by atoms with Crippen LogP contribution in [0, 0.1) is 5.82 Å². The lowest BCUT2D eigenvalue weighted by Gasteiger charge is -2.15. The van der Waals surface area contributed by atoms with Crippen molar-refractivity contribution in [2.24, 2.45) is 5.10 Å². The monoisotopic (exact) mass is 349 g/mol. The van der Waals surface area contributed by atoms with E-state index in [9.17, 15) is 17.6 Å². The molecule has 6 nitrogen and oxygen atoms in total. The Hall–Kier alpha value is -2.58. The zero-order valence-corrected chi connectivity index (χ0v) is 13.7. The SMILES string of the molecule is CN(CC(=O)NN=Cc1ccc(F)cc1)S(=O)(=O)c1ccccc1. The van der Waals surface area contributed by atoms with Crippen LogP contribution in [0.1, 0.15) is 5.56 Å². The number of carbonyl (C=O) groups is 1. The fraction of sp³-hybridized carbons (Fsp3) is 0.125. The first-order chi connectivity index (χ1) is 11.4. The molecule has 0 saturated carbocycles. The standard InChI is InChI=1S/C16H16FN3O3S/c1-20(24(22,23)15-5-3-2-4-6-15)12-16(21)19-18-11-13-7-9-14(17)10-8-13/h2-11H,12H2,1H3,(H,19,21). The van der Waals surface area contributed by atoms with E-state index in [0.717, 1.165) is 4.31 Å². The zero-order valence-electron chi connectivity index (χ0n) is 12.9. The Morgan fingerprint density at radius 3 is 2.42 bits per heavy atom. The van der Waals surface area contributed by atoms with Crippen LogP contribution in [0.25, 0.3) is 0 Å². The summed E-state index contributed by atoms with van der Waals surface area (Å²) in [4.78, 5) is 11.9. The second-order valence-corrected chi connectivity index (χ2v) is 6.96. The van der Waals surface area contributed by atoms with E-state index < -0.39 is 15.9 Å². The van der Waals surface area contributed by atoms with Crippen LogP contribution in [0.4, 0.5) is 4.39 Å². The lowest BCUT2D eigenvalue weighted by Crippen LogP contribution is -2.36. The minimum absolute atomic E-state index is 0.107. The summed E-state index contributed by atoms with van der Waals surface area (Å²) in [6, 6.07) is 13.4. The molecule has 0 aromatic heterocycles. The molecular weight excluding hydrogens is 333 g/mol. The third kappa shape index (κ3) is 4.71. The quantitative estimate of drug-likeness (QED) is 0.635. The number of hydrazone groups is 1. The first kappa shape index (κ1) is 17.8. The lowest BCUT2D eigenvalue weighted by atomic mass is 10.2. The van der Waals surface area contributed by atoms with Gasteiger partial charge in [-0.1, -0.05) is 30.3 Å². The molecule has 8 heteroatoms. The van der Waals surface area contributed by atoms with Gasteiger partial charge in [0.1, 0.15) is 5.82 Å². The summed E-state index contributed by atoms with van der Waals surface area (Å²) < 4.78 is 38.2. The summed E-state index contributed by atoms with van der Waals surface area (Å²) in [6.07, 6.45) is 1.34. The second kappa shape index (κ2) is 7.80. The molecule has 0 aliphatic rings. The van der Waals surface area contributed by atoms with Gasteiger partial charge in [-0.3, -0.25) is 4.79 Å². The average Bonchev–Trinajstić information content (AvgIpc) is 2.57. The topological polar surface area (TPSA) is 78.8 Å². The van der Waals surface area contributed by atoms with Crippen LogP contribution in [0.2, 0.25) is 0 Å². The van der Waals surface area contributed by atoms with Crippen LogP contribution >= 0.6 is 0 Å². The Kier molecular flexibility index (Phi) is 5.78. The molecule has 0 aliphatic carbocycles. The fourth-order valence-electron chi connectivity index (χ4n) is 1.82. The molecule has 0 atom stereocenters. The number of hydrogen-bond donors (Lipinski definition) is 1. The first-order valence-electron chi connectivity index (χ1n) is 6.98. The van der Waals surface area contributed by atoms with Crippen molar-refractivity contribution in [3.63, 3.8) is 0 Å². The van der Waals surface area contributed by atoms with Crippen molar-refractivity contribution in [3.05, 3.63) is 66.0 Å². The predicted molar refractivity (Wildman–Crippen MR) is 88.4 cm³/mol. The van der Waals surface area contributed by atoms with E-state index in [1.807, 2.05) is 0 Å². The minimum Gasteiger partial charge on any atom is -0.272 e. The van der Waals surface area contributed by atoms with Gasteiger partial charge < -0.3 is 0 Å². The van der Waals surface area contributed by atoms with Crippen LogP contribution in [0.15, 0.2) is 64.6 Å². The van der Waals surface area contributed by atoms with Gasteiger partial charge in [-0.15, -0.1) is 0 Å². The molecule has 126 valence electrons. The maximum atomic E-state index is 12.8. The third-order valence-corrected chi connectivity index (χ3v) is 4.91. The Morgan fingerprint density at radius 1 is 1.17 bits per heavy atom. The number of sulfonamides is 1. The third-order valence-electron chi connectivity index (χ3n) is 3.09. The van der Waals surface area contributed by atoms with Crippen LogP contribution in [0.3, 0.4) is 0 Å². The highest BCUT2D eigenvalue weighted by Gasteiger charge is 2.22. The fourth-order valence-corrected chi connectivity index (χ4v) is 2.97. The molecule has 1 N–H and O–H groups in total. The number of nitrogens with zero attached hydrogens (tertiary/aromatic N) is 2. The Labute approximate surface area is 139 Å². The van der Waals surface area contributed by atoms with E-state index in [1.165, 1.54) is 49.7 Å². The Bertz CT molecular complexity index is 821. The van der Waals surface area contributed by atoms with Crippen LogP contribution in [-0.4, -0.2) is 38.4 Å². The molecule has 0 radical (unpaired) electrons. The van der Waals surface area contributed by atoms with Crippen molar-refractivity contribution in [1.29, 1.82) is 0 Å². The number of likely N-dealkylation sites (N-methyl/N-ethyl adjacent to an activating group) is 1. The number of rotatable bonds is 6. The van der Waals surface area contributed by atoms with Crippen molar-refractivity contribution in [2.45, 2.75) is 4.90 Å². The number of carbonyl (C=O) groups excluding carboxylic acids is 1. The summed E-state index contributed by atoms with van der Waals surface area (Å²) in [7, 11) is -2.43. The van der Waals surface area contributed by atoms with Crippen LogP contribution in [-0.2, 0) is 14.8 Å². The average molecular weight is 349 g/mol. The van der Waals surface area contributed by atoms with E-state index in [4.69, 9.17) is 0 Å². The summed E-state index contributed by atoms with van der Waals surface area (Å²) in [5.41, 5.74) is 2.83. The summed E-state index contributed by atoms with van der Waals surface area (Å²) in [6.45, 7) is -0.377. The van der Waals surface area contributed by atoms with Gasteiger partial charge in [0.15, 0.2) is 0 Å². The largest absolute Gasteiger partial charge is 0.272 e. The van der Waals surface area contributed by atoms with E-state index in [0.29, 0.717) is 5.56 Å². The van der Waals surface area contributed by atoms with Gasteiger partial charge in [0.2, 0.25) is 10.0 Å². The smallest absolute Gasteiger partial charge is 0.255 e. The molecule has 0 aliphatic heterocycles. The molecule has 2 rings (SSSR count). The van der Waals surface area contributed by atoms with Gasteiger partial charge in [0.25, 0.3) is 5.91 Å². The van der Waals surface area contributed by atoms with Crippen molar-refractivity contribution < 1.29 is 17.6 Å². The maximum Gasteiger partial charge on any atom is 0.255 e. The molecule has 0 saturated heterocycles. The van der Waals surface area contributed by atoms with Crippen LogP contribution in [0.5, 0.6) is 0 Å². The van der Waals surface area contributed by atoms with E-state index in [1.54, 1.807) is 18.2 Å². The number of nitrogens with one attached hydrogen (secondary N) is 1. The molecule has 0 fully saturated rings. The molecular formula is C16H16FN3O3S. The van der Waals surface area contributed by atoms with Crippen molar-refractivity contribution >= 4 is 22.1 Å². The first-order valence-corrected chi connectivity index (χ1v) is 8.42. The molecule has 0 heterocycles. The predicted octanol–water partition coefficient (Wildman–Crippen LogP) is 1.60. The van der Waals surface area contributed by atoms with Gasteiger partial charge in [0, 0.05) is 7.05 Å². The normalized spacial score (nSPS) is 11.8. The van der Waals surface area contributed by atoms with Gasteiger partial charge in [-0.25, -0.2) is 18.2 Å². The van der Waals surface area contributed by atoms with Crippen molar-refractivity contribution in [3.8, 4) is 0 Å². The van der Waals surface area contributed by atoms with Gasteiger partial charge in [-0.2, -0.15) is 9.41 Å². The summed E-state index contributed by atoms with van der Waals surface area (Å²) in [5.74, 6) is -0.959. The van der Waals surface area contributed by atoms with E-state index in [-0.39, 0.29) is 17.3 Å². The van der Waals surface area contributed by atoms with Gasteiger partial charge in [0.05, 0.1) is 17.7 Å². The zero-order chi connectivity index (χ0) is 17.6. The minimum atomic E-state index is -3.74. The van der Waals surface area contributed by atoms with Crippen LogP contribution < -0.4 is 5.43 Å².